The number of rotatable bonds is 3. The van der Waals surface area contributed by atoms with Gasteiger partial charge in [0.15, 0.2) is 28.8 Å². The highest BCUT2D eigenvalue weighted by molar-refractivity contribution is 5.88. The number of ketones is 1. The Bertz CT molecular complexity index is 1470. The molecule has 1 atom stereocenters. The van der Waals surface area contributed by atoms with Crippen molar-refractivity contribution in [1.29, 1.82) is 5.26 Å². The van der Waals surface area contributed by atoms with Crippen molar-refractivity contribution in [1.82, 2.24) is 24.1 Å². The summed E-state index contributed by atoms with van der Waals surface area (Å²) in [5.41, 5.74) is 5.49. The van der Waals surface area contributed by atoms with Gasteiger partial charge in [0.1, 0.15) is 11.6 Å². The van der Waals surface area contributed by atoms with Crippen LogP contribution in [0.15, 0.2) is 53.6 Å². The van der Waals surface area contributed by atoms with Gasteiger partial charge in [-0.15, -0.1) is 0 Å². The number of nitrogen functional groups attached to an aromatic ring is 1. The molecule has 0 radical (unpaired) electrons. The second-order valence-electron chi connectivity index (χ2n) is 7.25. The number of nitrogens with two attached hydrogens (primary N) is 1. The molecule has 0 spiro atoms. The normalized spacial score (nSPS) is 15.9. The van der Waals surface area contributed by atoms with E-state index in [2.05, 4.69) is 15.1 Å². The molecular weight excluding hydrogens is 415 g/mol. The zero-order valence-corrected chi connectivity index (χ0v) is 16.5. The van der Waals surface area contributed by atoms with Gasteiger partial charge >= 0.3 is 0 Å². The summed E-state index contributed by atoms with van der Waals surface area (Å²) < 4.78 is 16.8. The maximum Gasteiger partial charge on any atom is 0.285 e. The van der Waals surface area contributed by atoms with E-state index in [-0.39, 0.29) is 47.4 Å². The van der Waals surface area contributed by atoms with E-state index in [1.165, 1.54) is 17.0 Å². The standard InChI is InChI=1S/C21H15FN8O2/c22-15-6-7-29-17(15)20(32)30(13-4-2-1-3-5-13)19(27-29)16-8-14(31)11-28(16)18-12(9-23)10-25-21(24)26-18/h1-7,10,16H,8,11H2,(H2,24,25,26). The summed E-state index contributed by atoms with van der Waals surface area (Å²) >= 11 is 0. The van der Waals surface area contributed by atoms with Gasteiger partial charge in [-0.3, -0.25) is 14.2 Å². The largest absolute Gasteiger partial charge is 0.368 e. The number of Topliss-reactive ketones (excluding diaryl/α,β-unsaturated/α-hetero) is 1. The summed E-state index contributed by atoms with van der Waals surface area (Å²) in [5, 5.41) is 14.0. The van der Waals surface area contributed by atoms with E-state index in [0.717, 1.165) is 10.6 Å². The molecule has 0 amide bonds. The average molecular weight is 430 g/mol. The van der Waals surface area contributed by atoms with Crippen LogP contribution in [0.5, 0.6) is 0 Å². The molecular formula is C21H15FN8O2. The summed E-state index contributed by atoms with van der Waals surface area (Å²) in [5.74, 6) is -0.523. The molecule has 5 rings (SSSR count). The fourth-order valence-electron chi connectivity index (χ4n) is 3.92. The van der Waals surface area contributed by atoms with Crippen LogP contribution in [0.2, 0.25) is 0 Å². The molecule has 0 saturated carbocycles. The van der Waals surface area contributed by atoms with Gasteiger partial charge in [-0.1, -0.05) is 18.2 Å². The van der Waals surface area contributed by atoms with Crippen LogP contribution in [0.4, 0.5) is 16.2 Å². The van der Waals surface area contributed by atoms with Crippen molar-refractivity contribution in [2.45, 2.75) is 12.5 Å². The maximum atomic E-state index is 14.4. The molecule has 10 nitrogen and oxygen atoms in total. The Morgan fingerprint density at radius 3 is 2.72 bits per heavy atom. The minimum Gasteiger partial charge on any atom is -0.368 e. The number of para-hydroxylation sites is 1. The maximum absolute atomic E-state index is 14.4. The zero-order chi connectivity index (χ0) is 22.4. The first kappa shape index (κ1) is 19.4. The SMILES string of the molecule is N#Cc1cnc(N)nc1N1CC(=O)CC1c1nn2ccc(F)c2c(=O)n1-c1ccccc1. The van der Waals surface area contributed by atoms with Crippen LogP contribution in [0, 0.1) is 17.1 Å². The Kier molecular flexibility index (Phi) is 4.41. The van der Waals surface area contributed by atoms with E-state index in [0.29, 0.717) is 5.69 Å². The average Bonchev–Trinajstić information content (AvgIpc) is 3.36. The minimum atomic E-state index is -0.744. The second-order valence-corrected chi connectivity index (χ2v) is 7.25. The lowest BCUT2D eigenvalue weighted by Gasteiger charge is -2.27. The molecule has 158 valence electrons. The molecule has 1 fully saturated rings. The van der Waals surface area contributed by atoms with Crippen molar-refractivity contribution in [3.8, 4) is 11.8 Å². The number of hydrogen-bond acceptors (Lipinski definition) is 8. The number of nitrogens with zero attached hydrogens (tertiary/aromatic N) is 7. The molecule has 2 N–H and O–H groups in total. The molecule has 1 saturated heterocycles. The van der Waals surface area contributed by atoms with E-state index in [9.17, 15) is 19.2 Å². The first-order valence-electron chi connectivity index (χ1n) is 9.64. The molecule has 11 heteroatoms. The number of anilines is 2. The number of aromatic nitrogens is 5. The van der Waals surface area contributed by atoms with Gasteiger partial charge in [0.2, 0.25) is 5.95 Å². The quantitative estimate of drug-likeness (QED) is 0.515. The number of benzene rings is 1. The predicted octanol–water partition coefficient (Wildman–Crippen LogP) is 1.39. The molecule has 0 bridgehead atoms. The van der Waals surface area contributed by atoms with Crippen molar-refractivity contribution in [3.05, 3.63) is 76.4 Å². The number of nitriles is 1. The molecule has 1 unspecified atom stereocenters. The Hall–Kier alpha value is -4.59. The van der Waals surface area contributed by atoms with Gasteiger partial charge in [0.05, 0.1) is 24.5 Å². The number of carbonyl (C=O) groups excluding carboxylic acids is 1. The van der Waals surface area contributed by atoms with Crippen molar-refractivity contribution < 1.29 is 9.18 Å². The van der Waals surface area contributed by atoms with Crippen LogP contribution in [-0.2, 0) is 4.79 Å². The molecule has 1 aliphatic rings. The third-order valence-corrected chi connectivity index (χ3v) is 5.30. The molecule has 3 aromatic heterocycles. The topological polar surface area (TPSA) is 135 Å². The van der Waals surface area contributed by atoms with E-state index >= 15 is 0 Å². The van der Waals surface area contributed by atoms with Gasteiger partial charge in [-0.2, -0.15) is 15.3 Å². The molecule has 4 heterocycles. The number of hydrogen-bond donors (Lipinski definition) is 1. The Morgan fingerprint density at radius 2 is 1.97 bits per heavy atom. The lowest BCUT2D eigenvalue weighted by Crippen LogP contribution is -2.34. The van der Waals surface area contributed by atoms with E-state index in [4.69, 9.17) is 5.73 Å². The molecule has 0 aliphatic carbocycles. The molecule has 1 aromatic carbocycles. The second kappa shape index (κ2) is 7.28. The predicted molar refractivity (Wildman–Crippen MR) is 112 cm³/mol. The van der Waals surface area contributed by atoms with E-state index in [1.807, 2.05) is 6.07 Å². The van der Waals surface area contributed by atoms with Crippen LogP contribution >= 0.6 is 0 Å². The Balaban J connectivity index is 1.79. The van der Waals surface area contributed by atoms with Crippen molar-refractivity contribution >= 4 is 23.1 Å². The van der Waals surface area contributed by atoms with E-state index < -0.39 is 17.4 Å². The third kappa shape index (κ3) is 2.97. The highest BCUT2D eigenvalue weighted by Gasteiger charge is 2.38. The van der Waals surface area contributed by atoms with Gasteiger partial charge in [0, 0.05) is 12.6 Å². The molecule has 4 aromatic rings. The van der Waals surface area contributed by atoms with Crippen LogP contribution in [-0.4, -0.2) is 36.5 Å². The first-order valence-corrected chi connectivity index (χ1v) is 9.64. The fraction of sp³-hybridized carbons (Fsp3) is 0.143. The molecule has 1 aliphatic heterocycles. The summed E-state index contributed by atoms with van der Waals surface area (Å²) in [6.07, 6.45) is 2.64. The number of carbonyl (C=O) groups is 1. The number of fused-ring (bicyclic) bond motifs is 1. The smallest absolute Gasteiger partial charge is 0.285 e. The van der Waals surface area contributed by atoms with Crippen molar-refractivity contribution in [2.75, 3.05) is 17.2 Å². The lowest BCUT2D eigenvalue weighted by molar-refractivity contribution is -0.116. The minimum absolute atomic E-state index is 0.0172. The van der Waals surface area contributed by atoms with Crippen LogP contribution in [0.1, 0.15) is 23.9 Å². The van der Waals surface area contributed by atoms with Crippen LogP contribution in [0.3, 0.4) is 0 Å². The van der Waals surface area contributed by atoms with Gasteiger partial charge in [-0.25, -0.2) is 13.9 Å². The summed E-state index contributed by atoms with van der Waals surface area (Å²) in [4.78, 5) is 35.4. The monoisotopic (exact) mass is 430 g/mol. The Morgan fingerprint density at radius 1 is 1.19 bits per heavy atom. The zero-order valence-electron chi connectivity index (χ0n) is 16.5. The fourth-order valence-corrected chi connectivity index (χ4v) is 3.92. The van der Waals surface area contributed by atoms with Gasteiger partial charge in [-0.05, 0) is 18.2 Å². The molecule has 32 heavy (non-hydrogen) atoms. The van der Waals surface area contributed by atoms with E-state index in [1.54, 1.807) is 35.2 Å². The Labute approximate surface area is 180 Å². The first-order chi connectivity index (χ1) is 15.5. The van der Waals surface area contributed by atoms with Crippen molar-refractivity contribution in [2.24, 2.45) is 0 Å². The number of halogens is 1. The van der Waals surface area contributed by atoms with Gasteiger partial charge in [0.25, 0.3) is 5.56 Å². The van der Waals surface area contributed by atoms with Crippen LogP contribution < -0.4 is 16.2 Å². The third-order valence-electron chi connectivity index (χ3n) is 5.30. The van der Waals surface area contributed by atoms with Crippen molar-refractivity contribution in [3.63, 3.8) is 0 Å². The van der Waals surface area contributed by atoms with Crippen LogP contribution in [0.25, 0.3) is 11.2 Å². The highest BCUT2D eigenvalue weighted by Crippen LogP contribution is 2.35. The lowest BCUT2D eigenvalue weighted by atomic mass is 10.1. The summed E-state index contributed by atoms with van der Waals surface area (Å²) in [6, 6.07) is 11.0. The summed E-state index contributed by atoms with van der Waals surface area (Å²) in [7, 11) is 0. The highest BCUT2D eigenvalue weighted by atomic mass is 19.1. The van der Waals surface area contributed by atoms with Gasteiger partial charge < -0.3 is 10.6 Å². The summed E-state index contributed by atoms with van der Waals surface area (Å²) in [6.45, 7) is -0.0570.